The molecule has 5 heteroatoms. The molecule has 0 aliphatic rings. The average molecular weight is 1160 g/mol. The Hall–Kier alpha value is -1.10. The number of rotatable bonds is 74. The van der Waals surface area contributed by atoms with Gasteiger partial charge in [-0.05, 0) is 12.8 Å². The van der Waals surface area contributed by atoms with Gasteiger partial charge < -0.3 is 14.6 Å². The molecule has 82 heavy (non-hydrogen) atoms. The van der Waals surface area contributed by atoms with Crippen molar-refractivity contribution in [3.63, 3.8) is 0 Å². The molecule has 490 valence electrons. The van der Waals surface area contributed by atoms with Crippen molar-refractivity contribution < 1.29 is 24.2 Å². The standard InChI is InChI=1S/C77H152O5/c1-3-5-7-9-11-13-15-17-19-21-23-25-27-29-31-33-34-35-36-37-38-39-40-41-42-44-46-48-50-52-54-56-58-60-62-64-66-68-70-72-77(80)82-75(73-78)74-81-76(79)71-69-67-65-63-61-59-57-55-53-51-49-47-45-43-32-30-28-26-24-22-20-18-16-14-12-10-8-6-4-2/h75,78H,3-74H2,1-2H3. The third-order valence-electron chi connectivity index (χ3n) is 18.4. The molecule has 0 saturated heterocycles. The largest absolute Gasteiger partial charge is 0.462 e. The summed E-state index contributed by atoms with van der Waals surface area (Å²) in [6.07, 6.45) is 94.8. The van der Waals surface area contributed by atoms with Crippen molar-refractivity contribution in [1.82, 2.24) is 0 Å². The van der Waals surface area contributed by atoms with Gasteiger partial charge in [0.25, 0.3) is 0 Å². The number of carbonyl (C=O) groups excluding carboxylic acids is 2. The van der Waals surface area contributed by atoms with Crippen molar-refractivity contribution in [2.75, 3.05) is 13.2 Å². The summed E-state index contributed by atoms with van der Waals surface area (Å²) in [4.78, 5) is 24.7. The molecule has 0 aromatic rings. The van der Waals surface area contributed by atoms with Gasteiger partial charge in [0.1, 0.15) is 6.61 Å². The highest BCUT2D eigenvalue weighted by Gasteiger charge is 2.16. The van der Waals surface area contributed by atoms with Gasteiger partial charge in [0.2, 0.25) is 0 Å². The minimum absolute atomic E-state index is 0.0552. The number of aliphatic hydroxyl groups is 1. The molecule has 0 saturated carbocycles. The van der Waals surface area contributed by atoms with E-state index >= 15 is 0 Å². The van der Waals surface area contributed by atoms with E-state index in [0.29, 0.717) is 12.8 Å². The highest BCUT2D eigenvalue weighted by Crippen LogP contribution is 2.21. The second kappa shape index (κ2) is 74.2. The number of unbranched alkanes of at least 4 members (excludes halogenated alkanes) is 66. The molecular formula is C77H152O5. The lowest BCUT2D eigenvalue weighted by molar-refractivity contribution is -0.161. The fraction of sp³-hybridized carbons (Fsp3) is 0.974. The van der Waals surface area contributed by atoms with Crippen molar-refractivity contribution in [1.29, 1.82) is 0 Å². The van der Waals surface area contributed by atoms with Crippen LogP contribution in [0.1, 0.15) is 463 Å². The quantitative estimate of drug-likeness (QED) is 0.0485. The first-order valence-electron chi connectivity index (χ1n) is 38.6. The normalized spacial score (nSPS) is 12.0. The summed E-state index contributed by atoms with van der Waals surface area (Å²) in [5.41, 5.74) is 0. The molecule has 0 heterocycles. The molecule has 1 unspecified atom stereocenters. The van der Waals surface area contributed by atoms with Crippen molar-refractivity contribution in [3.8, 4) is 0 Å². The average Bonchev–Trinajstić information content (AvgIpc) is 3.49. The molecule has 0 aromatic heterocycles. The second-order valence-electron chi connectivity index (χ2n) is 26.8. The van der Waals surface area contributed by atoms with Gasteiger partial charge in [-0.25, -0.2) is 0 Å². The number of esters is 2. The van der Waals surface area contributed by atoms with Gasteiger partial charge in [0, 0.05) is 12.8 Å². The fourth-order valence-corrected chi connectivity index (χ4v) is 12.6. The van der Waals surface area contributed by atoms with E-state index in [2.05, 4.69) is 13.8 Å². The minimum Gasteiger partial charge on any atom is -0.462 e. The first kappa shape index (κ1) is 80.9. The monoisotopic (exact) mass is 1160 g/mol. The number of hydrogen-bond donors (Lipinski definition) is 1. The summed E-state index contributed by atoms with van der Waals surface area (Å²) >= 11 is 0. The lowest BCUT2D eigenvalue weighted by Crippen LogP contribution is -2.28. The van der Waals surface area contributed by atoms with E-state index < -0.39 is 6.10 Å². The molecule has 5 nitrogen and oxygen atoms in total. The maximum absolute atomic E-state index is 12.4. The predicted octanol–water partition coefficient (Wildman–Crippen LogP) is 26.8. The zero-order valence-corrected chi connectivity index (χ0v) is 56.6. The van der Waals surface area contributed by atoms with Crippen LogP contribution in [0.5, 0.6) is 0 Å². The van der Waals surface area contributed by atoms with E-state index in [1.54, 1.807) is 0 Å². The van der Waals surface area contributed by atoms with Crippen molar-refractivity contribution in [3.05, 3.63) is 0 Å². The minimum atomic E-state index is -0.766. The zero-order chi connectivity index (χ0) is 59.1. The first-order chi connectivity index (χ1) is 40.6. The Kier molecular flexibility index (Phi) is 73.2. The van der Waals surface area contributed by atoms with E-state index in [1.165, 1.54) is 405 Å². The van der Waals surface area contributed by atoms with Gasteiger partial charge in [-0.1, -0.05) is 438 Å². The summed E-state index contributed by atoms with van der Waals surface area (Å²) in [6.45, 7) is 4.23. The molecule has 1 N–H and O–H groups in total. The molecule has 0 bridgehead atoms. The topological polar surface area (TPSA) is 72.8 Å². The molecule has 0 amide bonds. The van der Waals surface area contributed by atoms with E-state index in [9.17, 15) is 14.7 Å². The Morgan fingerprint density at radius 3 is 0.537 bits per heavy atom. The van der Waals surface area contributed by atoms with Gasteiger partial charge in [-0.3, -0.25) is 9.59 Å². The summed E-state index contributed by atoms with van der Waals surface area (Å²) in [5.74, 6) is -0.556. The van der Waals surface area contributed by atoms with Gasteiger partial charge in [0.15, 0.2) is 6.10 Å². The Balaban J connectivity index is 3.33. The van der Waals surface area contributed by atoms with Crippen LogP contribution < -0.4 is 0 Å². The highest BCUT2D eigenvalue weighted by molar-refractivity contribution is 5.70. The van der Waals surface area contributed by atoms with Crippen LogP contribution in [0.25, 0.3) is 0 Å². The number of ether oxygens (including phenoxy) is 2. The molecule has 0 radical (unpaired) electrons. The summed E-state index contributed by atoms with van der Waals surface area (Å²) < 4.78 is 10.8. The molecule has 0 rings (SSSR count). The molecule has 0 fully saturated rings. The van der Waals surface area contributed by atoms with Crippen LogP contribution in [-0.4, -0.2) is 36.4 Å². The molecule has 0 aromatic carbocycles. The summed E-state index contributed by atoms with van der Waals surface area (Å²) in [5, 5.41) is 9.72. The van der Waals surface area contributed by atoms with Crippen LogP contribution in [0.4, 0.5) is 0 Å². The summed E-state index contributed by atoms with van der Waals surface area (Å²) in [7, 11) is 0. The van der Waals surface area contributed by atoms with Gasteiger partial charge in [-0.15, -0.1) is 0 Å². The Bertz CT molecular complexity index is 1170. The fourth-order valence-electron chi connectivity index (χ4n) is 12.6. The lowest BCUT2D eigenvalue weighted by Gasteiger charge is -2.15. The van der Waals surface area contributed by atoms with Gasteiger partial charge in [-0.2, -0.15) is 0 Å². The zero-order valence-electron chi connectivity index (χ0n) is 56.6. The lowest BCUT2D eigenvalue weighted by atomic mass is 10.0. The van der Waals surface area contributed by atoms with E-state index in [-0.39, 0.29) is 25.2 Å². The predicted molar refractivity (Wildman–Crippen MR) is 362 cm³/mol. The summed E-state index contributed by atoms with van der Waals surface area (Å²) in [6, 6.07) is 0. The maximum atomic E-state index is 12.4. The molecule has 0 aliphatic carbocycles. The van der Waals surface area contributed by atoms with E-state index in [0.717, 1.165) is 32.1 Å². The van der Waals surface area contributed by atoms with Gasteiger partial charge >= 0.3 is 11.9 Å². The Labute approximate surface area is 516 Å². The molecule has 0 spiro atoms. The van der Waals surface area contributed by atoms with E-state index in [1.807, 2.05) is 0 Å². The number of carbonyl (C=O) groups is 2. The smallest absolute Gasteiger partial charge is 0.306 e. The SMILES string of the molecule is CCCCCCCCCCCCCCCCCCCCCCCCCCCCCCCCCCCCCCCCCC(=O)OC(CO)COC(=O)CCCCCCCCCCCCCCCCCCCCCCCCCCCCCCC. The molecule has 1 atom stereocenters. The third-order valence-corrected chi connectivity index (χ3v) is 18.4. The van der Waals surface area contributed by atoms with Crippen LogP contribution >= 0.6 is 0 Å². The highest BCUT2D eigenvalue weighted by atomic mass is 16.6. The van der Waals surface area contributed by atoms with Crippen LogP contribution in [0.15, 0.2) is 0 Å². The Morgan fingerprint density at radius 2 is 0.378 bits per heavy atom. The number of aliphatic hydroxyl groups excluding tert-OH is 1. The second-order valence-corrected chi connectivity index (χ2v) is 26.8. The van der Waals surface area contributed by atoms with Gasteiger partial charge in [0.05, 0.1) is 6.61 Å². The molecule has 0 aliphatic heterocycles. The van der Waals surface area contributed by atoms with Crippen LogP contribution in [0, 0.1) is 0 Å². The molecular weight excluding hydrogens is 1000 g/mol. The van der Waals surface area contributed by atoms with E-state index in [4.69, 9.17) is 9.47 Å². The number of hydrogen-bond acceptors (Lipinski definition) is 5. The van der Waals surface area contributed by atoms with Crippen LogP contribution in [0.3, 0.4) is 0 Å². The Morgan fingerprint density at radius 1 is 0.232 bits per heavy atom. The maximum Gasteiger partial charge on any atom is 0.306 e. The van der Waals surface area contributed by atoms with Crippen LogP contribution in [-0.2, 0) is 19.1 Å². The van der Waals surface area contributed by atoms with Crippen LogP contribution in [0.2, 0.25) is 0 Å². The van der Waals surface area contributed by atoms with Crippen molar-refractivity contribution >= 4 is 11.9 Å². The van der Waals surface area contributed by atoms with Crippen molar-refractivity contribution in [2.24, 2.45) is 0 Å². The van der Waals surface area contributed by atoms with Crippen molar-refractivity contribution in [2.45, 2.75) is 469 Å². The third kappa shape index (κ3) is 71.4. The first-order valence-corrected chi connectivity index (χ1v) is 38.6.